The number of carbonyl (C=O) groups is 1. The van der Waals surface area contributed by atoms with Crippen LogP contribution in [-0.2, 0) is 23.7 Å². The van der Waals surface area contributed by atoms with Crippen molar-refractivity contribution in [1.82, 2.24) is 0 Å². The van der Waals surface area contributed by atoms with Crippen molar-refractivity contribution in [3.8, 4) is 5.75 Å². The molecule has 0 aliphatic heterocycles. The highest BCUT2D eigenvalue weighted by Crippen LogP contribution is 2.17. The molecule has 0 N–H and O–H groups in total. The molecule has 1 aromatic rings. The Morgan fingerprint density at radius 1 is 0.893 bits per heavy atom. The van der Waals surface area contributed by atoms with Crippen LogP contribution in [0, 0.1) is 10.1 Å². The molecule has 0 saturated carbocycles. The third-order valence-corrected chi connectivity index (χ3v) is 3.16. The fourth-order valence-corrected chi connectivity index (χ4v) is 1.97. The Labute approximate surface area is 165 Å². The smallest absolute Gasteiger partial charge is 0.308 e. The molecule has 1 aromatic carbocycles. The van der Waals surface area contributed by atoms with Gasteiger partial charge < -0.3 is 23.7 Å². The van der Waals surface area contributed by atoms with Crippen LogP contribution in [0.2, 0.25) is 0 Å². The first-order chi connectivity index (χ1) is 13.3. The van der Waals surface area contributed by atoms with E-state index in [4.69, 9.17) is 23.7 Å². The molecule has 9 nitrogen and oxygen atoms in total. The summed E-state index contributed by atoms with van der Waals surface area (Å²) in [7, 11) is 0. The molecule has 28 heavy (non-hydrogen) atoms. The summed E-state index contributed by atoms with van der Waals surface area (Å²) in [5, 5.41) is 10.6. The number of rotatable bonds is 14. The molecule has 0 bridgehead atoms. The van der Waals surface area contributed by atoms with E-state index < -0.39 is 10.5 Å². The number of carbonyl (C=O) groups excluding carboxylic acids is 1. The van der Waals surface area contributed by atoms with Gasteiger partial charge >= 0.3 is 5.97 Å². The van der Waals surface area contributed by atoms with E-state index in [0.717, 1.165) is 0 Å². The van der Waals surface area contributed by atoms with Gasteiger partial charge in [0.2, 0.25) is 0 Å². The third kappa shape index (κ3) is 12.2. The molecule has 0 heterocycles. The molecule has 0 fully saturated rings. The van der Waals surface area contributed by atoms with Gasteiger partial charge in [-0.05, 0) is 32.9 Å². The van der Waals surface area contributed by atoms with Gasteiger partial charge in [-0.15, -0.1) is 0 Å². The summed E-state index contributed by atoms with van der Waals surface area (Å²) in [4.78, 5) is 21.6. The highest BCUT2D eigenvalue weighted by Gasteiger charge is 2.15. The lowest BCUT2D eigenvalue weighted by atomic mass is 10.2. The van der Waals surface area contributed by atoms with Crippen LogP contribution in [0.15, 0.2) is 24.3 Å². The number of hydrogen-bond donors (Lipinski definition) is 0. The highest BCUT2D eigenvalue weighted by molar-refractivity contribution is 5.69. The monoisotopic (exact) mass is 399 g/mol. The molecular formula is C19H29NO8. The standard InChI is InChI=1S/C19H29NO8/c1-19(2,3)28-18(21)8-9-24-10-11-25-12-13-26-14-15-27-17-6-4-16(5-7-17)20(22)23/h4-7H,8-15H2,1-3H3. The summed E-state index contributed by atoms with van der Waals surface area (Å²) >= 11 is 0. The number of ether oxygens (including phenoxy) is 5. The van der Waals surface area contributed by atoms with Gasteiger partial charge in [-0.25, -0.2) is 0 Å². The number of benzene rings is 1. The number of nitro benzene ring substituents is 1. The number of esters is 1. The van der Waals surface area contributed by atoms with Crippen LogP contribution < -0.4 is 4.74 Å². The van der Waals surface area contributed by atoms with E-state index in [1.54, 1.807) is 12.1 Å². The predicted octanol–water partition coefficient (Wildman–Crippen LogP) is 2.76. The normalized spacial score (nSPS) is 11.2. The Kier molecular flexibility index (Phi) is 11.1. The van der Waals surface area contributed by atoms with Gasteiger partial charge in [-0.3, -0.25) is 14.9 Å². The maximum absolute atomic E-state index is 11.5. The second kappa shape index (κ2) is 13.0. The minimum Gasteiger partial charge on any atom is -0.491 e. The Balaban J connectivity index is 1.89. The van der Waals surface area contributed by atoms with Gasteiger partial charge in [0.25, 0.3) is 5.69 Å². The van der Waals surface area contributed by atoms with Crippen molar-refractivity contribution < 1.29 is 33.4 Å². The molecule has 0 aliphatic carbocycles. The van der Waals surface area contributed by atoms with Crippen molar-refractivity contribution in [2.24, 2.45) is 0 Å². The van der Waals surface area contributed by atoms with Gasteiger partial charge in [0.15, 0.2) is 0 Å². The summed E-state index contributed by atoms with van der Waals surface area (Å²) in [5.41, 5.74) is -0.456. The maximum atomic E-state index is 11.5. The Morgan fingerprint density at radius 2 is 1.39 bits per heavy atom. The summed E-state index contributed by atoms with van der Waals surface area (Å²) in [6.07, 6.45) is 0.217. The largest absolute Gasteiger partial charge is 0.491 e. The molecular weight excluding hydrogens is 370 g/mol. The van der Waals surface area contributed by atoms with E-state index in [1.165, 1.54) is 12.1 Å². The molecule has 0 aliphatic rings. The second-order valence-corrected chi connectivity index (χ2v) is 6.77. The molecule has 0 amide bonds. The Bertz CT molecular complexity index is 583. The molecule has 0 aromatic heterocycles. The lowest BCUT2D eigenvalue weighted by Gasteiger charge is -2.19. The molecule has 158 valence electrons. The zero-order chi connectivity index (χ0) is 20.8. The number of nitrogens with zero attached hydrogens (tertiary/aromatic N) is 1. The lowest BCUT2D eigenvalue weighted by Crippen LogP contribution is -2.24. The van der Waals surface area contributed by atoms with Crippen LogP contribution >= 0.6 is 0 Å². The first kappa shape index (κ1) is 23.8. The van der Waals surface area contributed by atoms with Crippen molar-refractivity contribution in [1.29, 1.82) is 0 Å². The summed E-state index contributed by atoms with van der Waals surface area (Å²) in [6, 6.07) is 5.87. The van der Waals surface area contributed by atoms with Gasteiger partial charge in [0.05, 0.1) is 51.0 Å². The zero-order valence-corrected chi connectivity index (χ0v) is 16.7. The van der Waals surface area contributed by atoms with Gasteiger partial charge in [-0.1, -0.05) is 0 Å². The van der Waals surface area contributed by atoms with Crippen LogP contribution in [0.3, 0.4) is 0 Å². The van der Waals surface area contributed by atoms with Gasteiger partial charge in [0.1, 0.15) is 18.0 Å². The quantitative estimate of drug-likeness (QED) is 0.203. The minimum atomic E-state index is -0.479. The Morgan fingerprint density at radius 3 is 1.89 bits per heavy atom. The number of hydrogen-bond acceptors (Lipinski definition) is 8. The van der Waals surface area contributed by atoms with Crippen molar-refractivity contribution in [3.05, 3.63) is 34.4 Å². The number of non-ortho nitro benzene ring substituents is 1. The fraction of sp³-hybridized carbons (Fsp3) is 0.632. The molecule has 9 heteroatoms. The Hall–Kier alpha value is -2.23. The molecule has 0 unspecified atom stereocenters. The molecule has 0 spiro atoms. The first-order valence-corrected chi connectivity index (χ1v) is 9.10. The number of nitro groups is 1. The molecule has 1 rings (SSSR count). The summed E-state index contributed by atoms with van der Waals surface area (Å²) < 4.78 is 26.6. The third-order valence-electron chi connectivity index (χ3n) is 3.16. The van der Waals surface area contributed by atoms with Crippen molar-refractivity contribution in [2.45, 2.75) is 32.8 Å². The first-order valence-electron chi connectivity index (χ1n) is 9.10. The minimum absolute atomic E-state index is 0.0227. The van der Waals surface area contributed by atoms with Crippen molar-refractivity contribution in [3.63, 3.8) is 0 Å². The average Bonchev–Trinajstić information content (AvgIpc) is 2.61. The van der Waals surface area contributed by atoms with Crippen LogP contribution in [0.25, 0.3) is 0 Å². The van der Waals surface area contributed by atoms with E-state index in [1.807, 2.05) is 20.8 Å². The van der Waals surface area contributed by atoms with Crippen molar-refractivity contribution in [2.75, 3.05) is 46.2 Å². The SMILES string of the molecule is CC(C)(C)OC(=O)CCOCCOCCOCCOc1ccc([N+](=O)[O-])cc1. The summed E-state index contributed by atoms with van der Waals surface area (Å²) in [6.45, 7) is 8.14. The van der Waals surface area contributed by atoms with E-state index in [9.17, 15) is 14.9 Å². The van der Waals surface area contributed by atoms with Crippen LogP contribution in [0.4, 0.5) is 5.69 Å². The summed E-state index contributed by atoms with van der Waals surface area (Å²) in [5.74, 6) is 0.270. The topological polar surface area (TPSA) is 106 Å². The van der Waals surface area contributed by atoms with E-state index in [0.29, 0.717) is 52.0 Å². The van der Waals surface area contributed by atoms with Gasteiger partial charge in [-0.2, -0.15) is 0 Å². The maximum Gasteiger partial charge on any atom is 0.308 e. The van der Waals surface area contributed by atoms with E-state index in [-0.39, 0.29) is 18.1 Å². The highest BCUT2D eigenvalue weighted by atomic mass is 16.6. The van der Waals surface area contributed by atoms with Crippen molar-refractivity contribution >= 4 is 11.7 Å². The predicted molar refractivity (Wildman–Crippen MR) is 102 cm³/mol. The molecule has 0 saturated heterocycles. The lowest BCUT2D eigenvalue weighted by molar-refractivity contribution is -0.384. The fourth-order valence-electron chi connectivity index (χ4n) is 1.97. The molecule has 0 atom stereocenters. The van der Waals surface area contributed by atoms with Gasteiger partial charge in [0, 0.05) is 12.1 Å². The zero-order valence-electron chi connectivity index (χ0n) is 16.7. The second-order valence-electron chi connectivity index (χ2n) is 6.77. The van der Waals surface area contributed by atoms with Crippen LogP contribution in [0.1, 0.15) is 27.2 Å². The van der Waals surface area contributed by atoms with Crippen LogP contribution in [0.5, 0.6) is 5.75 Å². The van der Waals surface area contributed by atoms with E-state index in [2.05, 4.69) is 0 Å². The van der Waals surface area contributed by atoms with Crippen LogP contribution in [-0.4, -0.2) is 62.7 Å². The van der Waals surface area contributed by atoms with E-state index >= 15 is 0 Å². The average molecular weight is 399 g/mol. The molecule has 0 radical (unpaired) electrons.